The molecular weight excluding hydrogens is 1090 g/mol. The third-order valence-electron chi connectivity index (χ3n) is 6.62. The monoisotopic (exact) mass is 1130 g/mol. The molecule has 2 unspecified atom stereocenters. The second-order valence-electron chi connectivity index (χ2n) is 11.5. The van der Waals surface area contributed by atoms with E-state index < -0.39 is 126 Å². The molecule has 0 fully saturated rings. The van der Waals surface area contributed by atoms with Gasteiger partial charge in [0.1, 0.15) is 0 Å². The van der Waals surface area contributed by atoms with Gasteiger partial charge in [-0.2, -0.15) is 0 Å². The van der Waals surface area contributed by atoms with Crippen LogP contribution in [0.1, 0.15) is 0 Å². The van der Waals surface area contributed by atoms with E-state index in [0.29, 0.717) is 0 Å². The zero-order valence-electron chi connectivity index (χ0n) is 29.6. The first kappa shape index (κ1) is 61.1. The van der Waals surface area contributed by atoms with Gasteiger partial charge in [-0.3, -0.25) is 58.2 Å². The maximum absolute atomic E-state index is 11.0. The number of carboxylic acids is 8. The van der Waals surface area contributed by atoms with Crippen molar-refractivity contribution in [3.05, 3.63) is 0 Å². The molecule has 8 N–H and O–H groups in total. The van der Waals surface area contributed by atoms with E-state index in [1.54, 1.807) is 0 Å². The van der Waals surface area contributed by atoms with Crippen molar-refractivity contribution in [3.8, 4) is 0 Å². The molecule has 26 nitrogen and oxygen atoms in total. The Kier molecular flexibility index (Phi) is 38.6. The Morgan fingerprint density at radius 1 is 0.357 bits per heavy atom. The van der Waals surface area contributed by atoms with Crippen molar-refractivity contribution >= 4 is 47.8 Å². The molecule has 334 valence electrons. The predicted molar refractivity (Wildman–Crippen MR) is 166 cm³/mol. The number of aliphatic hydroxyl groups excluding tert-OH is 2. The van der Waals surface area contributed by atoms with Crippen LogP contribution in [0, 0.1) is 93.8 Å². The van der Waals surface area contributed by atoms with Crippen LogP contribution in [0.15, 0.2) is 0 Å². The molecule has 0 aromatic heterocycles. The van der Waals surface area contributed by atoms with Crippen LogP contribution in [0.2, 0.25) is 0 Å². The van der Waals surface area contributed by atoms with Gasteiger partial charge in [0.25, 0.3) is 0 Å². The van der Waals surface area contributed by atoms with E-state index in [0.717, 1.165) is 19.6 Å². The van der Waals surface area contributed by atoms with Crippen LogP contribution in [0.4, 0.5) is 0 Å². The summed E-state index contributed by atoms with van der Waals surface area (Å²) in [6, 6.07) is 0. The fraction of sp³-hybridized carbons (Fsp3) is 0.714. The Hall–Kier alpha value is -1.60. The normalized spacial score (nSPS) is 12.0. The van der Waals surface area contributed by atoms with Crippen LogP contribution in [0.3, 0.4) is 0 Å². The standard InChI is InChI=1S/2C14H24N3O10.2Yb/c2*18-10(19)5-15(1-3-16(6-11(20)21)7-12(22)23)2-4-17(8-13(24)25)9-14(26)27;;/h2*11,20H,1-9H2,(H,18,19)(H,22,23)(H,24,25)(H,26,27);;/q2*-1;2*+3/p-2. The third-order valence-corrected chi connectivity index (χ3v) is 6.62. The minimum atomic E-state index is -2.04. The van der Waals surface area contributed by atoms with Crippen molar-refractivity contribution in [2.75, 3.05) is 118 Å². The van der Waals surface area contributed by atoms with Crippen molar-refractivity contribution in [2.45, 2.75) is 12.6 Å². The van der Waals surface area contributed by atoms with Crippen LogP contribution < -0.4 is 20.4 Å². The van der Waals surface area contributed by atoms with Gasteiger partial charge in [-0.1, -0.05) is 0 Å². The summed E-state index contributed by atoms with van der Waals surface area (Å²) in [6.07, 6.45) is -4.09. The van der Waals surface area contributed by atoms with Gasteiger partial charge in [0.2, 0.25) is 0 Å². The smallest absolute Gasteiger partial charge is 0.830 e. The number of nitrogens with zero attached hydrogens (tertiary/aromatic N) is 6. The van der Waals surface area contributed by atoms with E-state index in [2.05, 4.69) is 0 Å². The maximum atomic E-state index is 11.0. The Labute approximate surface area is 396 Å². The number of carboxylic acid groups (broad SMARTS) is 8. The number of carbonyl (C=O) groups excluding carboxylic acids is 2. The molecule has 28 heteroatoms. The fourth-order valence-electron chi connectivity index (χ4n) is 4.52. The molecule has 0 spiro atoms. The van der Waals surface area contributed by atoms with Crippen molar-refractivity contribution in [1.82, 2.24) is 29.4 Å². The number of rotatable bonds is 32. The first-order valence-electron chi connectivity index (χ1n) is 15.7. The Morgan fingerprint density at radius 2 is 0.536 bits per heavy atom. The number of carbonyl (C=O) groups is 8. The molecule has 0 aromatic carbocycles. The first-order valence-corrected chi connectivity index (χ1v) is 15.7. The summed E-state index contributed by atoms with van der Waals surface area (Å²) in [5, 5.41) is 114. The number of hydrogen-bond acceptors (Lipinski definition) is 20. The summed E-state index contributed by atoms with van der Waals surface area (Å²) in [5.41, 5.74) is 0. The first-order chi connectivity index (χ1) is 25.0. The molecule has 0 amide bonds. The molecule has 0 rings (SSSR count). The van der Waals surface area contributed by atoms with Crippen LogP contribution >= 0.6 is 0 Å². The van der Waals surface area contributed by atoms with Crippen molar-refractivity contribution in [2.24, 2.45) is 0 Å². The Bertz CT molecular complexity index is 1100. The Morgan fingerprint density at radius 3 is 0.714 bits per heavy atom. The molecular formula is C28H46N6O20Yb2+2. The Balaban J connectivity index is -0.000000466. The fourth-order valence-corrected chi connectivity index (χ4v) is 4.52. The SMILES string of the molecule is O=C([O-])CN(CCN(CCN(CC(=O)O)CC(=O)O)CC(=O)O)CC([O-])O.O=C([O-])CN(CCN(CCN(CC(=O)O)CC(=O)O)CC(=O)O)CC([O-])O.[Yb+3].[Yb+3]. The predicted octanol–water partition coefficient (Wildman–Crippen LogP) is -10.9. The number of hydrogen-bond donors (Lipinski definition) is 8. The molecule has 0 saturated heterocycles. The zero-order chi connectivity index (χ0) is 42.0. The van der Waals surface area contributed by atoms with Crippen molar-refractivity contribution in [1.29, 1.82) is 0 Å². The van der Waals surface area contributed by atoms with E-state index in [1.165, 1.54) is 9.80 Å². The zero-order valence-corrected chi connectivity index (χ0v) is 33.0. The topological polar surface area (TPSA) is 410 Å². The van der Waals surface area contributed by atoms with E-state index in [1.807, 2.05) is 0 Å². The third kappa shape index (κ3) is 40.6. The molecule has 0 aliphatic carbocycles. The molecule has 0 saturated carbocycles. The molecule has 0 aliphatic heterocycles. The van der Waals surface area contributed by atoms with Crippen molar-refractivity contribution < 1.29 is 193 Å². The molecule has 0 aliphatic rings. The molecule has 56 heavy (non-hydrogen) atoms. The largest absolute Gasteiger partial charge is 3.00 e. The summed E-state index contributed by atoms with van der Waals surface area (Å²) >= 11 is 0. The van der Waals surface area contributed by atoms with Crippen LogP contribution in [-0.4, -0.2) is 248 Å². The summed E-state index contributed by atoms with van der Waals surface area (Å²) in [6.45, 7) is -5.70. The van der Waals surface area contributed by atoms with E-state index in [9.17, 15) is 58.8 Å². The van der Waals surface area contributed by atoms with Gasteiger partial charge in [0.05, 0.1) is 51.2 Å². The second-order valence-corrected chi connectivity index (χ2v) is 11.5. The number of aliphatic carboxylic acids is 8. The van der Waals surface area contributed by atoms with Gasteiger partial charge >= 0.3 is 130 Å². The quantitative estimate of drug-likeness (QED) is 0.0290. The van der Waals surface area contributed by atoms with Gasteiger partial charge < -0.3 is 70.9 Å². The molecule has 2 radical (unpaired) electrons. The molecule has 0 aromatic rings. The average Bonchev–Trinajstić information content (AvgIpc) is 2.97. The minimum Gasteiger partial charge on any atom is -0.830 e. The molecule has 0 heterocycles. The molecule has 2 atom stereocenters. The minimum absolute atomic E-state index is 0. The average molecular weight is 1130 g/mol. The van der Waals surface area contributed by atoms with Gasteiger partial charge in [0.15, 0.2) is 0 Å². The maximum Gasteiger partial charge on any atom is 3.00 e. The second kappa shape index (κ2) is 35.4. The van der Waals surface area contributed by atoms with Crippen molar-refractivity contribution in [3.63, 3.8) is 0 Å². The van der Waals surface area contributed by atoms with Crippen LogP contribution in [0.25, 0.3) is 0 Å². The number of aliphatic hydroxyl groups is 2. The van der Waals surface area contributed by atoms with Gasteiger partial charge in [-0.15, -0.1) is 0 Å². The summed E-state index contributed by atoms with van der Waals surface area (Å²) < 4.78 is 0. The van der Waals surface area contributed by atoms with Gasteiger partial charge in [-0.25, -0.2) is 0 Å². The summed E-state index contributed by atoms with van der Waals surface area (Å²) in [5.74, 6) is -10.3. The van der Waals surface area contributed by atoms with Crippen LogP contribution in [0.5, 0.6) is 0 Å². The van der Waals surface area contributed by atoms with E-state index in [-0.39, 0.29) is 146 Å². The van der Waals surface area contributed by atoms with Gasteiger partial charge in [0, 0.05) is 78.5 Å². The summed E-state index contributed by atoms with van der Waals surface area (Å²) in [7, 11) is 0. The van der Waals surface area contributed by atoms with Gasteiger partial charge in [-0.05, 0) is 12.6 Å². The summed E-state index contributed by atoms with van der Waals surface area (Å²) in [4.78, 5) is 93.4. The van der Waals surface area contributed by atoms with E-state index in [4.69, 9.17) is 40.9 Å². The van der Waals surface area contributed by atoms with Crippen LogP contribution in [-0.2, 0) is 38.4 Å². The molecule has 0 bridgehead atoms. The van der Waals surface area contributed by atoms with E-state index >= 15 is 0 Å².